The highest BCUT2D eigenvalue weighted by Crippen LogP contribution is 2.43. The van der Waals surface area contributed by atoms with E-state index >= 15 is 0 Å². The number of nitrogens with one attached hydrogen (secondary N) is 1. The normalized spacial score (nSPS) is 39.4. The number of rotatable bonds is 2. The summed E-state index contributed by atoms with van der Waals surface area (Å²) in [6, 6.07) is 0. The largest absolute Gasteiger partial charge is 0.316 e. The first-order chi connectivity index (χ1) is 6.80. The van der Waals surface area contributed by atoms with Crippen molar-refractivity contribution >= 4 is 0 Å². The van der Waals surface area contributed by atoms with Crippen LogP contribution < -0.4 is 5.32 Å². The van der Waals surface area contributed by atoms with Gasteiger partial charge in [0.25, 0.3) is 0 Å². The van der Waals surface area contributed by atoms with Crippen LogP contribution in [0, 0.1) is 11.3 Å². The zero-order valence-corrected chi connectivity index (χ0v) is 9.68. The predicted molar refractivity (Wildman–Crippen MR) is 60.4 cm³/mol. The van der Waals surface area contributed by atoms with E-state index in [-0.39, 0.29) is 0 Å². The third kappa shape index (κ3) is 1.70. The van der Waals surface area contributed by atoms with Crippen molar-refractivity contribution < 1.29 is 0 Å². The summed E-state index contributed by atoms with van der Waals surface area (Å²) in [6.45, 7) is 11.1. The molecule has 2 aliphatic heterocycles. The van der Waals surface area contributed by atoms with Crippen LogP contribution in [0.15, 0.2) is 0 Å². The Bertz CT molecular complexity index is 193. The van der Waals surface area contributed by atoms with Gasteiger partial charge in [-0.25, -0.2) is 0 Å². The fourth-order valence-corrected chi connectivity index (χ4v) is 3.40. The van der Waals surface area contributed by atoms with Crippen LogP contribution in [-0.4, -0.2) is 37.6 Å². The summed E-state index contributed by atoms with van der Waals surface area (Å²) < 4.78 is 0. The lowest BCUT2D eigenvalue weighted by atomic mass is 9.69. The summed E-state index contributed by atoms with van der Waals surface area (Å²) in [5, 5.41) is 3.55. The van der Waals surface area contributed by atoms with Crippen LogP contribution in [0.4, 0.5) is 0 Å². The first kappa shape index (κ1) is 10.4. The fourth-order valence-electron chi connectivity index (χ4n) is 3.40. The highest BCUT2D eigenvalue weighted by Gasteiger charge is 2.44. The zero-order valence-electron chi connectivity index (χ0n) is 9.68. The Kier molecular flexibility index (Phi) is 3.13. The van der Waals surface area contributed by atoms with E-state index in [1.165, 1.54) is 52.0 Å². The van der Waals surface area contributed by atoms with Gasteiger partial charge in [0.1, 0.15) is 0 Å². The Balaban J connectivity index is 2.05. The molecule has 2 aliphatic rings. The third-order valence-corrected chi connectivity index (χ3v) is 4.46. The summed E-state index contributed by atoms with van der Waals surface area (Å²) in [4.78, 5) is 2.63. The second-order valence-electron chi connectivity index (χ2n) is 5.04. The van der Waals surface area contributed by atoms with Crippen molar-refractivity contribution in [2.24, 2.45) is 11.3 Å². The summed E-state index contributed by atoms with van der Waals surface area (Å²) in [5.74, 6) is 0.924. The van der Waals surface area contributed by atoms with Crippen molar-refractivity contribution in [2.45, 2.75) is 33.1 Å². The molecule has 0 aliphatic carbocycles. The molecule has 1 N–H and O–H groups in total. The van der Waals surface area contributed by atoms with Crippen LogP contribution >= 0.6 is 0 Å². The van der Waals surface area contributed by atoms with Gasteiger partial charge in [0.05, 0.1) is 0 Å². The third-order valence-electron chi connectivity index (χ3n) is 4.46. The Hall–Kier alpha value is -0.0800. The van der Waals surface area contributed by atoms with Gasteiger partial charge in [-0.1, -0.05) is 20.3 Å². The van der Waals surface area contributed by atoms with E-state index in [9.17, 15) is 0 Å². The van der Waals surface area contributed by atoms with Gasteiger partial charge in [-0.05, 0) is 50.4 Å². The molecule has 82 valence electrons. The van der Waals surface area contributed by atoms with Gasteiger partial charge in [-0.15, -0.1) is 0 Å². The van der Waals surface area contributed by atoms with Crippen molar-refractivity contribution in [3.05, 3.63) is 0 Å². The van der Waals surface area contributed by atoms with E-state index in [0.717, 1.165) is 5.92 Å². The molecule has 0 radical (unpaired) electrons. The van der Waals surface area contributed by atoms with Gasteiger partial charge in [-0.3, -0.25) is 0 Å². The number of hydrogen-bond acceptors (Lipinski definition) is 2. The molecule has 0 bridgehead atoms. The van der Waals surface area contributed by atoms with Gasteiger partial charge in [-0.2, -0.15) is 0 Å². The van der Waals surface area contributed by atoms with E-state index in [1.54, 1.807) is 0 Å². The minimum Gasteiger partial charge on any atom is -0.316 e. The quantitative estimate of drug-likeness (QED) is 0.723. The van der Waals surface area contributed by atoms with Crippen molar-refractivity contribution in [2.75, 3.05) is 32.7 Å². The van der Waals surface area contributed by atoms with E-state index in [2.05, 4.69) is 24.1 Å². The summed E-state index contributed by atoms with van der Waals surface area (Å²) in [7, 11) is 0. The Labute approximate surface area is 88.1 Å². The van der Waals surface area contributed by atoms with Crippen LogP contribution in [-0.2, 0) is 0 Å². The minimum absolute atomic E-state index is 0.677. The molecule has 2 heterocycles. The molecule has 2 unspecified atom stereocenters. The maximum atomic E-state index is 3.55. The summed E-state index contributed by atoms with van der Waals surface area (Å²) in [6.07, 6.45) is 4.20. The van der Waals surface area contributed by atoms with Gasteiger partial charge in [0.15, 0.2) is 0 Å². The molecule has 1 spiro atoms. The van der Waals surface area contributed by atoms with Crippen LogP contribution in [0.3, 0.4) is 0 Å². The molecule has 2 heteroatoms. The minimum atomic E-state index is 0.677. The SMILES string of the molecule is CCC1CNCCC12CCN(CC)C2. The molecule has 2 rings (SSSR count). The van der Waals surface area contributed by atoms with Gasteiger partial charge < -0.3 is 10.2 Å². The van der Waals surface area contributed by atoms with Gasteiger partial charge in [0, 0.05) is 6.54 Å². The number of piperidine rings is 1. The van der Waals surface area contributed by atoms with Gasteiger partial charge >= 0.3 is 0 Å². The summed E-state index contributed by atoms with van der Waals surface area (Å²) >= 11 is 0. The lowest BCUT2D eigenvalue weighted by Gasteiger charge is -2.41. The van der Waals surface area contributed by atoms with E-state index in [1.807, 2.05) is 0 Å². The van der Waals surface area contributed by atoms with Crippen molar-refractivity contribution in [3.8, 4) is 0 Å². The second kappa shape index (κ2) is 4.19. The molecular formula is C12H24N2. The van der Waals surface area contributed by atoms with Crippen molar-refractivity contribution in [1.82, 2.24) is 10.2 Å². The fraction of sp³-hybridized carbons (Fsp3) is 1.00. The molecule has 14 heavy (non-hydrogen) atoms. The number of likely N-dealkylation sites (tertiary alicyclic amines) is 1. The van der Waals surface area contributed by atoms with E-state index < -0.39 is 0 Å². The van der Waals surface area contributed by atoms with Crippen LogP contribution in [0.1, 0.15) is 33.1 Å². The lowest BCUT2D eigenvalue weighted by molar-refractivity contribution is 0.111. The molecule has 2 nitrogen and oxygen atoms in total. The van der Waals surface area contributed by atoms with Crippen molar-refractivity contribution in [1.29, 1.82) is 0 Å². The highest BCUT2D eigenvalue weighted by atomic mass is 15.2. The molecule has 0 aromatic rings. The van der Waals surface area contributed by atoms with Crippen LogP contribution in [0.2, 0.25) is 0 Å². The molecular weight excluding hydrogens is 172 g/mol. The first-order valence-electron chi connectivity index (χ1n) is 6.24. The average Bonchev–Trinajstić information content (AvgIpc) is 2.63. The average molecular weight is 196 g/mol. The monoisotopic (exact) mass is 196 g/mol. The maximum absolute atomic E-state index is 3.55. The summed E-state index contributed by atoms with van der Waals surface area (Å²) in [5.41, 5.74) is 0.677. The lowest BCUT2D eigenvalue weighted by Crippen LogP contribution is -2.46. The molecule has 0 amide bonds. The smallest absolute Gasteiger partial charge is 0.00419 e. The standard InChI is InChI=1S/C12H24N2/c1-3-11-9-13-7-5-12(11)6-8-14(4-2)10-12/h11,13H,3-10H2,1-2H3. The van der Waals surface area contributed by atoms with Gasteiger partial charge in [0.2, 0.25) is 0 Å². The molecule has 0 aromatic carbocycles. The number of nitrogens with zero attached hydrogens (tertiary/aromatic N) is 1. The Morgan fingerprint density at radius 2 is 2.21 bits per heavy atom. The maximum Gasteiger partial charge on any atom is 0.00419 e. The highest BCUT2D eigenvalue weighted by molar-refractivity contribution is 4.97. The molecule has 2 fully saturated rings. The van der Waals surface area contributed by atoms with Crippen LogP contribution in [0.25, 0.3) is 0 Å². The first-order valence-corrected chi connectivity index (χ1v) is 6.24. The Morgan fingerprint density at radius 1 is 1.36 bits per heavy atom. The zero-order chi connectivity index (χ0) is 10.0. The number of hydrogen-bond donors (Lipinski definition) is 1. The molecule has 0 aromatic heterocycles. The Morgan fingerprint density at radius 3 is 2.86 bits per heavy atom. The molecule has 2 atom stereocenters. The van der Waals surface area contributed by atoms with E-state index in [0.29, 0.717) is 5.41 Å². The molecule has 0 saturated carbocycles. The van der Waals surface area contributed by atoms with Crippen LogP contribution in [0.5, 0.6) is 0 Å². The molecule has 2 saturated heterocycles. The predicted octanol–water partition coefficient (Wildman–Crippen LogP) is 1.72. The van der Waals surface area contributed by atoms with Crippen molar-refractivity contribution in [3.63, 3.8) is 0 Å². The second-order valence-corrected chi connectivity index (χ2v) is 5.04. The topological polar surface area (TPSA) is 15.3 Å². The van der Waals surface area contributed by atoms with E-state index in [4.69, 9.17) is 0 Å².